The molecule has 174 valence electrons. The Morgan fingerprint density at radius 2 is 2.06 bits per heavy atom. The minimum absolute atomic E-state index is 0.150. The van der Waals surface area contributed by atoms with Crippen molar-refractivity contribution in [2.24, 2.45) is 5.92 Å². The number of thiocarbonyl (C=S) groups is 1. The van der Waals surface area contributed by atoms with E-state index in [1.54, 1.807) is 18.3 Å². The molecule has 0 unspecified atom stereocenters. The van der Waals surface area contributed by atoms with E-state index in [0.717, 1.165) is 43.3 Å². The van der Waals surface area contributed by atoms with Crippen LogP contribution in [-0.4, -0.2) is 50.1 Å². The summed E-state index contributed by atoms with van der Waals surface area (Å²) in [4.78, 5) is 45.9. The Morgan fingerprint density at radius 1 is 1.33 bits per heavy atom. The molecule has 1 amide bonds. The smallest absolute Gasteiger partial charge is 0.267 e. The number of nitrogens with zero attached hydrogens (tertiary/aromatic N) is 4. The number of carboxylic acids is 1. The number of carbonyl (C=O) groups is 2. The molecule has 4 heterocycles. The van der Waals surface area contributed by atoms with Gasteiger partial charge in [-0.05, 0) is 56.2 Å². The van der Waals surface area contributed by atoms with E-state index in [1.165, 1.54) is 9.30 Å². The van der Waals surface area contributed by atoms with E-state index in [0.29, 0.717) is 32.2 Å². The molecular weight excluding hydrogens is 460 g/mol. The summed E-state index contributed by atoms with van der Waals surface area (Å²) < 4.78 is 1.86. The number of carboxylic acid groups (broad SMARTS) is 1. The molecule has 0 N–H and O–H groups in total. The van der Waals surface area contributed by atoms with Crippen molar-refractivity contribution in [1.82, 2.24) is 14.3 Å². The first kappa shape index (κ1) is 23.4. The highest BCUT2D eigenvalue weighted by Gasteiger charge is 2.33. The number of anilines is 1. The van der Waals surface area contributed by atoms with Crippen molar-refractivity contribution in [2.45, 2.75) is 39.5 Å². The monoisotopic (exact) mass is 485 g/mol. The van der Waals surface area contributed by atoms with Gasteiger partial charge in [-0.15, -0.1) is 0 Å². The number of carbonyl (C=O) groups excluding carboxylic acids is 2. The van der Waals surface area contributed by atoms with Gasteiger partial charge in [-0.2, -0.15) is 0 Å². The predicted octanol–water partition coefficient (Wildman–Crippen LogP) is 1.97. The summed E-state index contributed by atoms with van der Waals surface area (Å²) in [5, 5.41) is 10.7. The van der Waals surface area contributed by atoms with Crippen LogP contribution in [-0.2, 0) is 9.59 Å². The zero-order valence-corrected chi connectivity index (χ0v) is 20.2. The molecule has 2 saturated heterocycles. The van der Waals surface area contributed by atoms with Gasteiger partial charge < -0.3 is 14.8 Å². The van der Waals surface area contributed by atoms with Crippen LogP contribution < -0.4 is 15.6 Å². The highest BCUT2D eigenvalue weighted by atomic mass is 32.2. The van der Waals surface area contributed by atoms with Gasteiger partial charge >= 0.3 is 0 Å². The minimum Gasteiger partial charge on any atom is -0.550 e. The lowest BCUT2D eigenvalue weighted by molar-refractivity contribution is -0.305. The molecule has 0 aromatic carbocycles. The number of piperidine rings is 1. The predicted molar refractivity (Wildman–Crippen MR) is 131 cm³/mol. The van der Waals surface area contributed by atoms with Crippen LogP contribution in [0.5, 0.6) is 0 Å². The number of rotatable bonds is 6. The Balaban J connectivity index is 1.75. The van der Waals surface area contributed by atoms with Crippen molar-refractivity contribution in [1.29, 1.82) is 0 Å². The Labute approximate surface area is 201 Å². The molecule has 8 nitrogen and oxygen atoms in total. The maximum atomic E-state index is 13.5. The summed E-state index contributed by atoms with van der Waals surface area (Å²) in [5.41, 5.74) is 1.62. The Morgan fingerprint density at radius 3 is 2.76 bits per heavy atom. The lowest BCUT2D eigenvalue weighted by Gasteiger charge is -2.32. The van der Waals surface area contributed by atoms with Gasteiger partial charge in [-0.3, -0.25) is 18.9 Å². The number of pyridine rings is 1. The summed E-state index contributed by atoms with van der Waals surface area (Å²) in [6.07, 6.45) is 5.39. The van der Waals surface area contributed by atoms with E-state index in [9.17, 15) is 19.5 Å². The molecular formula is C23H25N4O4S2-. The van der Waals surface area contributed by atoms with Gasteiger partial charge in [-0.25, -0.2) is 4.98 Å². The average molecular weight is 486 g/mol. The van der Waals surface area contributed by atoms with Crippen LogP contribution in [0.15, 0.2) is 28.0 Å². The van der Waals surface area contributed by atoms with E-state index in [1.807, 2.05) is 13.0 Å². The van der Waals surface area contributed by atoms with E-state index in [4.69, 9.17) is 17.2 Å². The van der Waals surface area contributed by atoms with Gasteiger partial charge in [0.1, 0.15) is 15.8 Å². The fourth-order valence-corrected chi connectivity index (χ4v) is 5.38. The molecule has 2 aromatic heterocycles. The van der Waals surface area contributed by atoms with Crippen molar-refractivity contribution in [3.05, 3.63) is 44.7 Å². The normalized spacial score (nSPS) is 18.7. The van der Waals surface area contributed by atoms with Crippen LogP contribution in [0.25, 0.3) is 11.7 Å². The zero-order valence-electron chi connectivity index (χ0n) is 18.6. The lowest BCUT2D eigenvalue weighted by atomic mass is 9.99. The first-order valence-electron chi connectivity index (χ1n) is 11.0. The van der Waals surface area contributed by atoms with Crippen LogP contribution in [0.4, 0.5) is 5.82 Å². The summed E-state index contributed by atoms with van der Waals surface area (Å²) in [6.45, 7) is 5.92. The lowest BCUT2D eigenvalue weighted by Crippen LogP contribution is -2.36. The number of aliphatic carboxylic acids is 1. The quantitative estimate of drug-likeness (QED) is 0.453. The van der Waals surface area contributed by atoms with E-state index in [2.05, 4.69) is 11.8 Å². The highest BCUT2D eigenvalue weighted by molar-refractivity contribution is 8.26. The van der Waals surface area contributed by atoms with Crippen LogP contribution in [0, 0.1) is 12.8 Å². The number of aromatic nitrogens is 2. The SMILES string of the molecule is Cc1cccn2c(=O)c(/C=C3\SC(=S)N(CCCC(=O)[O-])C3=O)c(N3CCC(C)CC3)nc12. The van der Waals surface area contributed by atoms with E-state index >= 15 is 0 Å². The van der Waals surface area contributed by atoms with Crippen molar-refractivity contribution < 1.29 is 14.7 Å². The van der Waals surface area contributed by atoms with Crippen LogP contribution in [0.3, 0.4) is 0 Å². The molecule has 10 heteroatoms. The number of thioether (sulfide) groups is 1. The summed E-state index contributed by atoms with van der Waals surface area (Å²) in [7, 11) is 0. The minimum atomic E-state index is -1.16. The Hall–Kier alpha value is -2.72. The second-order valence-electron chi connectivity index (χ2n) is 8.52. The van der Waals surface area contributed by atoms with Gasteiger partial charge in [0.25, 0.3) is 11.5 Å². The molecule has 2 aliphatic heterocycles. The van der Waals surface area contributed by atoms with Gasteiger partial charge in [0, 0.05) is 31.8 Å². The molecule has 0 aliphatic carbocycles. The van der Waals surface area contributed by atoms with E-state index < -0.39 is 5.97 Å². The van der Waals surface area contributed by atoms with Gasteiger partial charge in [0.05, 0.1) is 10.5 Å². The maximum absolute atomic E-state index is 13.5. The number of aryl methyl sites for hydroxylation is 1. The number of fused-ring (bicyclic) bond motifs is 1. The molecule has 0 atom stereocenters. The molecule has 2 aliphatic rings. The Kier molecular flexibility index (Phi) is 6.85. The largest absolute Gasteiger partial charge is 0.550 e. The first-order chi connectivity index (χ1) is 15.8. The van der Waals surface area contributed by atoms with Crippen molar-refractivity contribution in [3.8, 4) is 0 Å². The fourth-order valence-electron chi connectivity index (χ4n) is 4.09. The third kappa shape index (κ3) is 4.81. The van der Waals surface area contributed by atoms with Crippen LogP contribution >= 0.6 is 24.0 Å². The zero-order chi connectivity index (χ0) is 23.7. The van der Waals surface area contributed by atoms with Crippen molar-refractivity contribution >= 4 is 57.7 Å². The second-order valence-corrected chi connectivity index (χ2v) is 10.2. The fraction of sp³-hybridized carbons (Fsp3) is 0.435. The van der Waals surface area contributed by atoms with Gasteiger partial charge in [-0.1, -0.05) is 37.0 Å². The van der Waals surface area contributed by atoms with Crippen LogP contribution in [0.1, 0.15) is 43.7 Å². The van der Waals surface area contributed by atoms with E-state index in [-0.39, 0.29) is 30.9 Å². The highest BCUT2D eigenvalue weighted by Crippen LogP contribution is 2.34. The van der Waals surface area contributed by atoms with Crippen molar-refractivity contribution in [2.75, 3.05) is 24.5 Å². The maximum Gasteiger partial charge on any atom is 0.267 e. The summed E-state index contributed by atoms with van der Waals surface area (Å²) >= 11 is 6.46. The van der Waals surface area contributed by atoms with Crippen molar-refractivity contribution in [3.63, 3.8) is 0 Å². The Bertz CT molecular complexity index is 1210. The van der Waals surface area contributed by atoms with Gasteiger partial charge in [0.2, 0.25) is 0 Å². The third-order valence-corrected chi connectivity index (χ3v) is 7.44. The number of hydrogen-bond donors (Lipinski definition) is 0. The molecule has 0 spiro atoms. The third-order valence-electron chi connectivity index (χ3n) is 6.06. The molecule has 0 radical (unpaired) electrons. The number of hydrogen-bond acceptors (Lipinski definition) is 8. The average Bonchev–Trinajstić information content (AvgIpc) is 3.04. The second kappa shape index (κ2) is 9.64. The summed E-state index contributed by atoms with van der Waals surface area (Å²) in [5.74, 6) is -0.286. The molecule has 0 bridgehead atoms. The topological polar surface area (TPSA) is 98.0 Å². The summed E-state index contributed by atoms with van der Waals surface area (Å²) in [6, 6.07) is 3.72. The molecule has 0 saturated carbocycles. The molecule has 2 fully saturated rings. The van der Waals surface area contributed by atoms with Crippen LogP contribution in [0.2, 0.25) is 0 Å². The molecule has 2 aromatic rings. The molecule has 33 heavy (non-hydrogen) atoms. The molecule has 4 rings (SSSR count). The standard InChI is InChI=1S/C23H26N4O4S2/c1-14-7-11-25(12-8-14)20-16(21(30)26-9-3-5-15(2)19(26)24-20)13-17-22(31)27(23(32)33-17)10-4-6-18(28)29/h3,5,9,13-14H,4,6-8,10-12H2,1-2H3,(H,28,29)/p-1/b17-13-. The van der Waals surface area contributed by atoms with Gasteiger partial charge in [0.15, 0.2) is 0 Å². The number of amides is 1. The first-order valence-corrected chi connectivity index (χ1v) is 12.2.